The number of urea groups is 1. The Hall–Kier alpha value is -2.44. The van der Waals surface area contributed by atoms with Crippen molar-refractivity contribution in [1.82, 2.24) is 24.6 Å². The van der Waals surface area contributed by atoms with Crippen molar-refractivity contribution in [2.45, 2.75) is 32.7 Å². The Labute approximate surface area is 129 Å². The first-order valence-corrected chi connectivity index (χ1v) is 7.47. The highest BCUT2D eigenvalue weighted by atomic mass is 16.2. The summed E-state index contributed by atoms with van der Waals surface area (Å²) in [7, 11) is 0. The largest absolute Gasteiger partial charge is 0.324 e. The predicted octanol–water partition coefficient (Wildman–Crippen LogP) is 2.16. The second-order valence-electron chi connectivity index (χ2n) is 5.69. The van der Waals surface area contributed by atoms with E-state index in [0.29, 0.717) is 24.9 Å². The van der Waals surface area contributed by atoms with Gasteiger partial charge in [0.1, 0.15) is 18.5 Å². The minimum Gasteiger partial charge on any atom is -0.324 e. The van der Waals surface area contributed by atoms with Crippen LogP contribution < -0.4 is 5.32 Å². The van der Waals surface area contributed by atoms with Gasteiger partial charge >= 0.3 is 6.03 Å². The van der Waals surface area contributed by atoms with Crippen molar-refractivity contribution in [3.63, 3.8) is 0 Å². The van der Waals surface area contributed by atoms with Crippen LogP contribution >= 0.6 is 0 Å². The molecule has 2 aromatic heterocycles. The zero-order chi connectivity index (χ0) is 15.5. The van der Waals surface area contributed by atoms with Gasteiger partial charge < -0.3 is 4.90 Å². The summed E-state index contributed by atoms with van der Waals surface area (Å²) in [5.41, 5.74) is 1.99. The molecular weight excluding hydrogens is 280 g/mol. The van der Waals surface area contributed by atoms with Crippen LogP contribution in [0, 0.1) is 13.8 Å². The fourth-order valence-electron chi connectivity index (χ4n) is 2.83. The molecule has 22 heavy (non-hydrogen) atoms. The van der Waals surface area contributed by atoms with Crippen LogP contribution in [0.2, 0.25) is 0 Å². The number of aryl methyl sites for hydroxylation is 2. The Morgan fingerprint density at radius 3 is 2.68 bits per heavy atom. The van der Waals surface area contributed by atoms with Crippen LogP contribution in [0.1, 0.15) is 30.1 Å². The molecule has 2 amide bonds. The van der Waals surface area contributed by atoms with E-state index in [9.17, 15) is 4.79 Å². The van der Waals surface area contributed by atoms with Crippen LogP contribution in [-0.4, -0.2) is 43.8 Å². The number of nitrogens with one attached hydrogen (secondary N) is 1. The zero-order valence-corrected chi connectivity index (χ0v) is 12.9. The fourth-order valence-corrected chi connectivity index (χ4v) is 2.83. The van der Waals surface area contributed by atoms with Gasteiger partial charge in [0.2, 0.25) is 0 Å². The van der Waals surface area contributed by atoms with Gasteiger partial charge in [-0.25, -0.2) is 19.4 Å². The molecule has 0 aromatic carbocycles. The lowest BCUT2D eigenvalue weighted by atomic mass is 10.1. The molecular formula is C15H20N6O. The lowest BCUT2D eigenvalue weighted by Gasteiger charge is -2.31. The van der Waals surface area contributed by atoms with Crippen molar-refractivity contribution in [1.29, 1.82) is 0 Å². The molecule has 0 saturated carbocycles. The SMILES string of the molecule is Cc1cc(C)nc(NC(=O)N2CCC(n3cncn3)CC2)c1. The number of carbonyl (C=O) groups is 1. The number of anilines is 1. The van der Waals surface area contributed by atoms with Crippen molar-refractivity contribution in [2.24, 2.45) is 0 Å². The molecule has 116 valence electrons. The number of likely N-dealkylation sites (tertiary alicyclic amines) is 1. The summed E-state index contributed by atoms with van der Waals surface area (Å²) in [6.07, 6.45) is 5.05. The fraction of sp³-hybridized carbons (Fsp3) is 0.467. The molecule has 3 heterocycles. The molecule has 1 fully saturated rings. The maximum atomic E-state index is 12.3. The van der Waals surface area contributed by atoms with E-state index >= 15 is 0 Å². The highest BCUT2D eigenvalue weighted by Crippen LogP contribution is 2.21. The Balaban J connectivity index is 1.58. The van der Waals surface area contributed by atoms with Crippen molar-refractivity contribution in [3.05, 3.63) is 36.0 Å². The number of amides is 2. The van der Waals surface area contributed by atoms with E-state index in [-0.39, 0.29) is 6.03 Å². The highest BCUT2D eigenvalue weighted by Gasteiger charge is 2.24. The van der Waals surface area contributed by atoms with Gasteiger partial charge in [-0.3, -0.25) is 5.32 Å². The van der Waals surface area contributed by atoms with Crippen LogP contribution in [0.4, 0.5) is 10.6 Å². The first-order valence-electron chi connectivity index (χ1n) is 7.47. The molecule has 0 spiro atoms. The second kappa shape index (κ2) is 6.13. The first-order chi connectivity index (χ1) is 10.6. The summed E-state index contributed by atoms with van der Waals surface area (Å²) < 4.78 is 1.88. The monoisotopic (exact) mass is 300 g/mol. The molecule has 0 unspecified atom stereocenters. The molecule has 2 aromatic rings. The van der Waals surface area contributed by atoms with Gasteiger partial charge in [-0.1, -0.05) is 0 Å². The average Bonchev–Trinajstić information content (AvgIpc) is 3.00. The number of hydrogen-bond donors (Lipinski definition) is 1. The number of piperidine rings is 1. The van der Waals surface area contributed by atoms with Gasteiger partial charge in [-0.05, 0) is 44.4 Å². The molecule has 1 aliphatic heterocycles. The van der Waals surface area contributed by atoms with Crippen LogP contribution in [-0.2, 0) is 0 Å². The normalized spacial score (nSPS) is 15.8. The summed E-state index contributed by atoms with van der Waals surface area (Å²) in [6.45, 7) is 5.34. The standard InChI is InChI=1S/C15H20N6O/c1-11-7-12(2)18-14(8-11)19-15(22)20-5-3-13(4-6-20)21-10-16-9-17-21/h7-10,13H,3-6H2,1-2H3,(H,18,19,22). The quantitative estimate of drug-likeness (QED) is 0.922. The minimum absolute atomic E-state index is 0.0884. The summed E-state index contributed by atoms with van der Waals surface area (Å²) in [5, 5.41) is 7.06. The molecule has 1 saturated heterocycles. The summed E-state index contributed by atoms with van der Waals surface area (Å²) >= 11 is 0. The maximum Gasteiger partial charge on any atom is 0.323 e. The summed E-state index contributed by atoms with van der Waals surface area (Å²) in [6, 6.07) is 4.10. The molecule has 0 aliphatic carbocycles. The number of hydrogen-bond acceptors (Lipinski definition) is 4. The third kappa shape index (κ3) is 3.24. The van der Waals surface area contributed by atoms with Crippen molar-refractivity contribution in [3.8, 4) is 0 Å². The minimum atomic E-state index is -0.0884. The molecule has 0 radical (unpaired) electrons. The van der Waals surface area contributed by atoms with E-state index in [1.807, 2.05) is 35.6 Å². The summed E-state index contributed by atoms with van der Waals surface area (Å²) in [5.74, 6) is 0.612. The van der Waals surface area contributed by atoms with Crippen molar-refractivity contribution < 1.29 is 4.79 Å². The third-order valence-corrected chi connectivity index (χ3v) is 3.90. The van der Waals surface area contributed by atoms with Crippen LogP contribution in [0.25, 0.3) is 0 Å². The van der Waals surface area contributed by atoms with E-state index in [2.05, 4.69) is 20.4 Å². The van der Waals surface area contributed by atoms with Crippen LogP contribution in [0.15, 0.2) is 24.8 Å². The Kier molecular flexibility index (Phi) is 4.04. The second-order valence-corrected chi connectivity index (χ2v) is 5.69. The van der Waals surface area contributed by atoms with E-state index < -0.39 is 0 Å². The number of carbonyl (C=O) groups excluding carboxylic acids is 1. The number of aromatic nitrogens is 4. The molecule has 0 atom stereocenters. The van der Waals surface area contributed by atoms with Gasteiger partial charge in [-0.15, -0.1) is 0 Å². The predicted molar refractivity (Wildman–Crippen MR) is 82.6 cm³/mol. The van der Waals surface area contributed by atoms with Crippen LogP contribution in [0.5, 0.6) is 0 Å². The number of pyridine rings is 1. The molecule has 3 rings (SSSR count). The number of rotatable bonds is 2. The van der Waals surface area contributed by atoms with Gasteiger partial charge in [0, 0.05) is 18.8 Å². The molecule has 1 N–H and O–H groups in total. The number of nitrogens with zero attached hydrogens (tertiary/aromatic N) is 5. The summed E-state index contributed by atoms with van der Waals surface area (Å²) in [4.78, 5) is 22.5. The molecule has 7 nitrogen and oxygen atoms in total. The Morgan fingerprint density at radius 2 is 2.05 bits per heavy atom. The third-order valence-electron chi connectivity index (χ3n) is 3.90. The molecule has 1 aliphatic rings. The van der Waals surface area contributed by atoms with Gasteiger partial charge in [0.05, 0.1) is 6.04 Å². The van der Waals surface area contributed by atoms with E-state index in [1.54, 1.807) is 12.7 Å². The van der Waals surface area contributed by atoms with E-state index in [4.69, 9.17) is 0 Å². The molecule has 0 bridgehead atoms. The first kappa shape index (κ1) is 14.5. The smallest absolute Gasteiger partial charge is 0.323 e. The van der Waals surface area contributed by atoms with Gasteiger partial charge in [0.15, 0.2) is 0 Å². The van der Waals surface area contributed by atoms with Crippen molar-refractivity contribution >= 4 is 11.8 Å². The van der Waals surface area contributed by atoms with Gasteiger partial charge in [0.25, 0.3) is 0 Å². The topological polar surface area (TPSA) is 75.9 Å². The highest BCUT2D eigenvalue weighted by molar-refractivity contribution is 5.88. The lowest BCUT2D eigenvalue weighted by molar-refractivity contribution is 0.180. The molecule has 7 heteroatoms. The van der Waals surface area contributed by atoms with Gasteiger partial charge in [-0.2, -0.15) is 5.10 Å². The van der Waals surface area contributed by atoms with E-state index in [0.717, 1.165) is 24.1 Å². The average molecular weight is 300 g/mol. The maximum absolute atomic E-state index is 12.3. The van der Waals surface area contributed by atoms with Crippen molar-refractivity contribution in [2.75, 3.05) is 18.4 Å². The Bertz CT molecular complexity index is 626. The van der Waals surface area contributed by atoms with Crippen LogP contribution in [0.3, 0.4) is 0 Å². The van der Waals surface area contributed by atoms with E-state index in [1.165, 1.54) is 0 Å². The lowest BCUT2D eigenvalue weighted by Crippen LogP contribution is -2.41. The Morgan fingerprint density at radius 1 is 1.27 bits per heavy atom. The zero-order valence-electron chi connectivity index (χ0n) is 12.9.